The minimum absolute atomic E-state index is 0.854. The summed E-state index contributed by atoms with van der Waals surface area (Å²) in [4.78, 5) is 0. The van der Waals surface area contributed by atoms with Crippen LogP contribution in [-0.4, -0.2) is 20.2 Å². The highest BCUT2D eigenvalue weighted by Crippen LogP contribution is 2.12. The van der Waals surface area contributed by atoms with Crippen LogP contribution in [0.15, 0.2) is 0 Å². The zero-order chi connectivity index (χ0) is 10.4. The standard InChI is InChI=1S/C10H20N4/c1-4-9(2)7-5-6-8-10-11-12-13-14(10)3/h9H,4-8H2,1-3H3. The molecule has 1 heterocycles. The summed E-state index contributed by atoms with van der Waals surface area (Å²) in [5, 5.41) is 11.4. The molecule has 80 valence electrons. The van der Waals surface area contributed by atoms with Gasteiger partial charge in [-0.05, 0) is 22.8 Å². The lowest BCUT2D eigenvalue weighted by atomic mass is 10.0. The summed E-state index contributed by atoms with van der Waals surface area (Å²) in [5.41, 5.74) is 0. The Bertz CT molecular complexity index is 256. The first-order valence-corrected chi connectivity index (χ1v) is 5.45. The van der Waals surface area contributed by atoms with Crippen LogP contribution in [0.25, 0.3) is 0 Å². The molecule has 0 aliphatic carbocycles. The van der Waals surface area contributed by atoms with E-state index in [1.807, 2.05) is 7.05 Å². The number of aryl methyl sites for hydroxylation is 2. The highest BCUT2D eigenvalue weighted by atomic mass is 15.5. The van der Waals surface area contributed by atoms with E-state index in [4.69, 9.17) is 0 Å². The summed E-state index contributed by atoms with van der Waals surface area (Å²) < 4.78 is 1.75. The number of hydrogen-bond donors (Lipinski definition) is 0. The van der Waals surface area contributed by atoms with Gasteiger partial charge in [0.05, 0.1) is 0 Å². The van der Waals surface area contributed by atoms with Crippen LogP contribution in [0.2, 0.25) is 0 Å². The first-order valence-electron chi connectivity index (χ1n) is 5.45. The smallest absolute Gasteiger partial charge is 0.150 e. The van der Waals surface area contributed by atoms with Crippen molar-refractivity contribution in [3.05, 3.63) is 5.82 Å². The van der Waals surface area contributed by atoms with Crippen LogP contribution < -0.4 is 0 Å². The molecule has 0 aliphatic heterocycles. The maximum Gasteiger partial charge on any atom is 0.150 e. The molecule has 0 fully saturated rings. The van der Waals surface area contributed by atoms with Crippen LogP contribution in [0, 0.1) is 5.92 Å². The van der Waals surface area contributed by atoms with Crippen molar-refractivity contribution in [2.75, 3.05) is 0 Å². The topological polar surface area (TPSA) is 43.6 Å². The minimum Gasteiger partial charge on any atom is -0.233 e. The van der Waals surface area contributed by atoms with Crippen molar-refractivity contribution >= 4 is 0 Å². The van der Waals surface area contributed by atoms with E-state index in [0.717, 1.165) is 18.2 Å². The molecule has 1 aromatic rings. The fourth-order valence-corrected chi connectivity index (χ4v) is 1.44. The van der Waals surface area contributed by atoms with Gasteiger partial charge in [0.15, 0.2) is 5.82 Å². The van der Waals surface area contributed by atoms with E-state index in [9.17, 15) is 0 Å². The average molecular weight is 196 g/mol. The zero-order valence-electron chi connectivity index (χ0n) is 9.40. The molecular weight excluding hydrogens is 176 g/mol. The maximum absolute atomic E-state index is 3.95. The number of aromatic nitrogens is 4. The molecule has 1 rings (SSSR count). The summed E-state index contributed by atoms with van der Waals surface area (Å²) in [6.07, 6.45) is 6.08. The summed E-state index contributed by atoms with van der Waals surface area (Å²) in [7, 11) is 1.89. The van der Waals surface area contributed by atoms with E-state index >= 15 is 0 Å². The van der Waals surface area contributed by atoms with Crippen LogP contribution in [0.3, 0.4) is 0 Å². The third-order valence-electron chi connectivity index (χ3n) is 2.75. The fraction of sp³-hybridized carbons (Fsp3) is 0.900. The molecule has 0 radical (unpaired) electrons. The third kappa shape index (κ3) is 3.44. The molecule has 0 N–H and O–H groups in total. The van der Waals surface area contributed by atoms with Crippen LogP contribution >= 0.6 is 0 Å². The summed E-state index contributed by atoms with van der Waals surface area (Å²) in [6, 6.07) is 0. The Morgan fingerprint density at radius 2 is 2.14 bits per heavy atom. The molecule has 0 aromatic carbocycles. The number of rotatable bonds is 6. The predicted molar refractivity (Wildman–Crippen MR) is 55.8 cm³/mol. The van der Waals surface area contributed by atoms with Gasteiger partial charge in [0.2, 0.25) is 0 Å². The SMILES string of the molecule is CCC(C)CCCCc1nnnn1C. The highest BCUT2D eigenvalue weighted by Gasteiger charge is 2.02. The van der Waals surface area contributed by atoms with Crippen molar-refractivity contribution in [1.29, 1.82) is 0 Å². The first-order chi connectivity index (χ1) is 6.74. The summed E-state index contributed by atoms with van der Waals surface area (Å²) in [6.45, 7) is 4.56. The molecule has 0 aliphatic rings. The van der Waals surface area contributed by atoms with Gasteiger partial charge in [0, 0.05) is 13.5 Å². The second-order valence-corrected chi connectivity index (χ2v) is 3.98. The van der Waals surface area contributed by atoms with Crippen molar-refractivity contribution in [1.82, 2.24) is 20.2 Å². The second-order valence-electron chi connectivity index (χ2n) is 3.98. The molecule has 0 bridgehead atoms. The second kappa shape index (κ2) is 5.73. The van der Waals surface area contributed by atoms with Crippen LogP contribution in [-0.2, 0) is 13.5 Å². The Morgan fingerprint density at radius 3 is 2.71 bits per heavy atom. The van der Waals surface area contributed by atoms with E-state index in [-0.39, 0.29) is 0 Å². The van der Waals surface area contributed by atoms with Gasteiger partial charge in [-0.3, -0.25) is 0 Å². The Balaban J connectivity index is 2.13. The highest BCUT2D eigenvalue weighted by molar-refractivity contribution is 4.78. The molecule has 4 heteroatoms. The van der Waals surface area contributed by atoms with Gasteiger partial charge in [-0.25, -0.2) is 4.68 Å². The molecule has 1 atom stereocenters. The van der Waals surface area contributed by atoms with Crippen molar-refractivity contribution in [2.45, 2.75) is 46.0 Å². The number of nitrogens with zero attached hydrogens (tertiary/aromatic N) is 4. The summed E-state index contributed by atoms with van der Waals surface area (Å²) in [5.74, 6) is 1.85. The molecule has 4 nitrogen and oxygen atoms in total. The summed E-state index contributed by atoms with van der Waals surface area (Å²) >= 11 is 0. The molecule has 1 aromatic heterocycles. The number of unbranched alkanes of at least 4 members (excludes halogenated alkanes) is 1. The van der Waals surface area contributed by atoms with Crippen molar-refractivity contribution in [2.24, 2.45) is 13.0 Å². The largest absolute Gasteiger partial charge is 0.233 e. The number of tetrazole rings is 1. The zero-order valence-corrected chi connectivity index (χ0v) is 9.40. The lowest BCUT2D eigenvalue weighted by Crippen LogP contribution is -2.00. The van der Waals surface area contributed by atoms with E-state index in [1.54, 1.807) is 4.68 Å². The quantitative estimate of drug-likeness (QED) is 0.653. The molecule has 0 saturated heterocycles. The van der Waals surface area contributed by atoms with E-state index in [1.165, 1.54) is 25.7 Å². The van der Waals surface area contributed by atoms with Gasteiger partial charge < -0.3 is 0 Å². The lowest BCUT2D eigenvalue weighted by Gasteiger charge is -2.06. The molecule has 14 heavy (non-hydrogen) atoms. The average Bonchev–Trinajstić information content (AvgIpc) is 2.58. The lowest BCUT2D eigenvalue weighted by molar-refractivity contribution is 0.480. The Hall–Kier alpha value is -0.930. The molecule has 0 spiro atoms. The first kappa shape index (κ1) is 11.1. The van der Waals surface area contributed by atoms with Gasteiger partial charge in [-0.15, -0.1) is 5.10 Å². The van der Waals surface area contributed by atoms with Crippen molar-refractivity contribution in [3.8, 4) is 0 Å². The number of hydrogen-bond acceptors (Lipinski definition) is 3. The van der Waals surface area contributed by atoms with E-state index in [2.05, 4.69) is 29.4 Å². The monoisotopic (exact) mass is 196 g/mol. The van der Waals surface area contributed by atoms with Crippen LogP contribution in [0.1, 0.15) is 45.4 Å². The molecule has 0 amide bonds. The van der Waals surface area contributed by atoms with Gasteiger partial charge in [-0.1, -0.05) is 33.1 Å². The predicted octanol–water partition coefficient (Wildman–Crippen LogP) is 1.97. The van der Waals surface area contributed by atoms with Crippen LogP contribution in [0.4, 0.5) is 0 Å². The van der Waals surface area contributed by atoms with E-state index in [0.29, 0.717) is 0 Å². The third-order valence-corrected chi connectivity index (χ3v) is 2.75. The molecule has 0 saturated carbocycles. The van der Waals surface area contributed by atoms with E-state index < -0.39 is 0 Å². The molecule has 1 unspecified atom stereocenters. The van der Waals surface area contributed by atoms with Crippen LogP contribution in [0.5, 0.6) is 0 Å². The fourth-order valence-electron chi connectivity index (χ4n) is 1.44. The molecular formula is C10H20N4. The van der Waals surface area contributed by atoms with Gasteiger partial charge in [0.25, 0.3) is 0 Å². The normalized spacial score (nSPS) is 13.1. The minimum atomic E-state index is 0.854. The Labute approximate surface area is 85.7 Å². The Kier molecular flexibility index (Phi) is 4.56. The van der Waals surface area contributed by atoms with Crippen molar-refractivity contribution in [3.63, 3.8) is 0 Å². The Morgan fingerprint density at radius 1 is 1.36 bits per heavy atom. The maximum atomic E-state index is 3.95. The van der Waals surface area contributed by atoms with Gasteiger partial charge in [-0.2, -0.15) is 0 Å². The van der Waals surface area contributed by atoms with Gasteiger partial charge >= 0.3 is 0 Å². The van der Waals surface area contributed by atoms with Crippen molar-refractivity contribution < 1.29 is 0 Å². The van der Waals surface area contributed by atoms with Gasteiger partial charge in [0.1, 0.15) is 0 Å².